The molecule has 2 amide bonds. The van der Waals surface area contributed by atoms with Gasteiger partial charge in [0.05, 0.1) is 7.11 Å². The lowest BCUT2D eigenvalue weighted by Crippen LogP contribution is -2.30. The Balaban J connectivity index is 1.57. The van der Waals surface area contributed by atoms with Crippen molar-refractivity contribution in [3.8, 4) is 11.5 Å². The highest BCUT2D eigenvalue weighted by atomic mass is 16.5. The zero-order valence-electron chi connectivity index (χ0n) is 18.1. The highest BCUT2D eigenvalue weighted by Crippen LogP contribution is 2.19. The Morgan fingerprint density at radius 2 is 1.48 bits per heavy atom. The summed E-state index contributed by atoms with van der Waals surface area (Å²) in [6.07, 6.45) is -0.695. The van der Waals surface area contributed by atoms with Crippen LogP contribution >= 0.6 is 0 Å². The molecule has 3 aromatic carbocycles. The maximum Gasteiger partial charge on any atom is 0.265 e. The molecular formula is C25H26N2O4. The van der Waals surface area contributed by atoms with Crippen LogP contribution < -0.4 is 20.1 Å². The summed E-state index contributed by atoms with van der Waals surface area (Å²) in [6.45, 7) is 5.64. The van der Waals surface area contributed by atoms with Crippen LogP contribution in [0, 0.1) is 13.8 Å². The van der Waals surface area contributed by atoms with E-state index < -0.39 is 6.10 Å². The van der Waals surface area contributed by atoms with Crippen molar-refractivity contribution in [2.45, 2.75) is 26.9 Å². The lowest BCUT2D eigenvalue weighted by molar-refractivity contribution is -0.122. The molecular weight excluding hydrogens is 392 g/mol. The molecule has 0 fully saturated rings. The molecule has 3 aromatic rings. The number of hydrogen-bond donors (Lipinski definition) is 2. The van der Waals surface area contributed by atoms with E-state index in [2.05, 4.69) is 10.6 Å². The van der Waals surface area contributed by atoms with E-state index in [0.717, 1.165) is 22.6 Å². The first-order valence-electron chi connectivity index (χ1n) is 9.96. The van der Waals surface area contributed by atoms with Gasteiger partial charge in [0.15, 0.2) is 6.10 Å². The van der Waals surface area contributed by atoms with Gasteiger partial charge in [-0.2, -0.15) is 0 Å². The summed E-state index contributed by atoms with van der Waals surface area (Å²) in [5.41, 5.74) is 4.04. The van der Waals surface area contributed by atoms with Crippen molar-refractivity contribution in [2.75, 3.05) is 17.7 Å². The van der Waals surface area contributed by atoms with Gasteiger partial charge in [0.1, 0.15) is 11.5 Å². The fourth-order valence-electron chi connectivity index (χ4n) is 3.01. The fourth-order valence-corrected chi connectivity index (χ4v) is 3.01. The van der Waals surface area contributed by atoms with Crippen LogP contribution in [-0.4, -0.2) is 25.0 Å². The first-order chi connectivity index (χ1) is 14.9. The third kappa shape index (κ3) is 5.85. The number of carbonyl (C=O) groups is 2. The van der Waals surface area contributed by atoms with Crippen molar-refractivity contribution >= 4 is 23.2 Å². The first-order valence-corrected chi connectivity index (χ1v) is 9.96. The highest BCUT2D eigenvalue weighted by Gasteiger charge is 2.16. The Kier molecular flexibility index (Phi) is 6.92. The largest absolute Gasteiger partial charge is 0.497 e. The van der Waals surface area contributed by atoms with Crippen LogP contribution in [0.2, 0.25) is 0 Å². The van der Waals surface area contributed by atoms with Crippen molar-refractivity contribution < 1.29 is 19.1 Å². The van der Waals surface area contributed by atoms with Crippen LogP contribution in [0.25, 0.3) is 0 Å². The molecule has 0 aromatic heterocycles. The maximum absolute atomic E-state index is 12.5. The number of nitrogens with one attached hydrogen (secondary N) is 2. The van der Waals surface area contributed by atoms with E-state index >= 15 is 0 Å². The molecule has 0 saturated carbocycles. The molecule has 0 bridgehead atoms. The van der Waals surface area contributed by atoms with Crippen LogP contribution in [0.4, 0.5) is 11.4 Å². The maximum atomic E-state index is 12.5. The monoisotopic (exact) mass is 418 g/mol. The topological polar surface area (TPSA) is 76.7 Å². The number of methoxy groups -OCH3 is 1. The summed E-state index contributed by atoms with van der Waals surface area (Å²) < 4.78 is 10.8. The third-order valence-corrected chi connectivity index (χ3v) is 4.79. The molecule has 0 aliphatic rings. The zero-order valence-corrected chi connectivity index (χ0v) is 18.1. The quantitative estimate of drug-likeness (QED) is 0.568. The van der Waals surface area contributed by atoms with E-state index in [0.29, 0.717) is 17.0 Å². The van der Waals surface area contributed by atoms with Crippen LogP contribution in [0.1, 0.15) is 28.4 Å². The molecule has 6 nitrogen and oxygen atoms in total. The first kappa shape index (κ1) is 21.9. The molecule has 0 spiro atoms. The van der Waals surface area contributed by atoms with Crippen molar-refractivity contribution in [1.29, 1.82) is 0 Å². The summed E-state index contributed by atoms with van der Waals surface area (Å²) >= 11 is 0. The number of aryl methyl sites for hydroxylation is 2. The van der Waals surface area contributed by atoms with E-state index in [1.165, 1.54) is 0 Å². The van der Waals surface area contributed by atoms with Crippen molar-refractivity contribution in [3.05, 3.63) is 83.4 Å². The van der Waals surface area contributed by atoms with E-state index in [1.807, 2.05) is 32.0 Å². The van der Waals surface area contributed by atoms with Gasteiger partial charge in [0, 0.05) is 16.9 Å². The van der Waals surface area contributed by atoms with Crippen molar-refractivity contribution in [3.63, 3.8) is 0 Å². The molecule has 2 N–H and O–H groups in total. The minimum absolute atomic E-state index is 0.239. The predicted octanol–water partition coefficient (Wildman–Crippen LogP) is 4.97. The Labute approximate surface area is 182 Å². The molecule has 160 valence electrons. The average molecular weight is 418 g/mol. The highest BCUT2D eigenvalue weighted by molar-refractivity contribution is 6.04. The number of hydrogen-bond acceptors (Lipinski definition) is 4. The predicted molar refractivity (Wildman–Crippen MR) is 122 cm³/mol. The van der Waals surface area contributed by atoms with Crippen LogP contribution in [0.3, 0.4) is 0 Å². The van der Waals surface area contributed by atoms with Gasteiger partial charge in [-0.3, -0.25) is 9.59 Å². The molecule has 31 heavy (non-hydrogen) atoms. The lowest BCUT2D eigenvalue weighted by Gasteiger charge is -2.16. The van der Waals surface area contributed by atoms with Gasteiger partial charge in [-0.05, 0) is 80.9 Å². The molecule has 0 saturated heterocycles. The van der Waals surface area contributed by atoms with Gasteiger partial charge in [-0.25, -0.2) is 0 Å². The molecule has 0 radical (unpaired) electrons. The summed E-state index contributed by atoms with van der Waals surface area (Å²) in [5.74, 6) is 0.741. The average Bonchev–Trinajstić information content (AvgIpc) is 2.76. The number of benzene rings is 3. The van der Waals surface area contributed by atoms with Gasteiger partial charge in [-0.15, -0.1) is 0 Å². The van der Waals surface area contributed by atoms with E-state index in [1.54, 1.807) is 62.6 Å². The van der Waals surface area contributed by atoms with Crippen LogP contribution in [0.15, 0.2) is 66.7 Å². The summed E-state index contributed by atoms with van der Waals surface area (Å²) in [4.78, 5) is 24.9. The smallest absolute Gasteiger partial charge is 0.265 e. The molecule has 6 heteroatoms. The minimum atomic E-state index is -0.695. The second-order valence-corrected chi connectivity index (χ2v) is 7.27. The number of rotatable bonds is 7. The zero-order chi connectivity index (χ0) is 22.4. The Bertz CT molecular complexity index is 1060. The third-order valence-electron chi connectivity index (χ3n) is 4.79. The van der Waals surface area contributed by atoms with Gasteiger partial charge >= 0.3 is 0 Å². The molecule has 0 aliphatic heterocycles. The van der Waals surface area contributed by atoms with Gasteiger partial charge in [0.2, 0.25) is 0 Å². The van der Waals surface area contributed by atoms with E-state index in [-0.39, 0.29) is 11.8 Å². The Morgan fingerprint density at radius 3 is 2.10 bits per heavy atom. The van der Waals surface area contributed by atoms with Crippen LogP contribution in [-0.2, 0) is 4.79 Å². The summed E-state index contributed by atoms with van der Waals surface area (Å²) in [7, 11) is 1.59. The number of carbonyl (C=O) groups excluding carboxylic acids is 2. The Hall–Kier alpha value is -3.80. The summed E-state index contributed by atoms with van der Waals surface area (Å²) in [5, 5.41) is 5.71. The van der Waals surface area contributed by atoms with E-state index in [9.17, 15) is 9.59 Å². The van der Waals surface area contributed by atoms with Gasteiger partial charge < -0.3 is 20.1 Å². The molecule has 0 unspecified atom stereocenters. The molecule has 3 rings (SSSR count). The minimum Gasteiger partial charge on any atom is -0.497 e. The molecule has 0 aliphatic carbocycles. The number of amides is 2. The van der Waals surface area contributed by atoms with Crippen LogP contribution in [0.5, 0.6) is 11.5 Å². The van der Waals surface area contributed by atoms with Gasteiger partial charge in [0.25, 0.3) is 11.8 Å². The lowest BCUT2D eigenvalue weighted by atomic mass is 10.1. The SMILES string of the molecule is COc1ccc(NC(=O)c2ccc(O[C@H](C)C(=O)Nc3ccc(C)cc3C)cc2)cc1. The Morgan fingerprint density at radius 1 is 0.839 bits per heavy atom. The standard InChI is InChI=1S/C25H26N2O4/c1-16-5-14-23(17(2)15-16)27-24(28)18(3)31-22-10-6-19(7-11-22)25(29)26-20-8-12-21(30-4)13-9-20/h5-15,18H,1-4H3,(H,26,29)(H,27,28)/t18-/m1/s1. The van der Waals surface area contributed by atoms with Gasteiger partial charge in [-0.1, -0.05) is 17.7 Å². The summed E-state index contributed by atoms with van der Waals surface area (Å²) in [6, 6.07) is 19.6. The molecule has 0 heterocycles. The van der Waals surface area contributed by atoms with E-state index in [4.69, 9.17) is 9.47 Å². The normalized spacial score (nSPS) is 11.4. The fraction of sp³-hybridized carbons (Fsp3) is 0.200. The van der Waals surface area contributed by atoms with Crippen molar-refractivity contribution in [2.24, 2.45) is 0 Å². The second-order valence-electron chi connectivity index (χ2n) is 7.27. The molecule has 1 atom stereocenters. The number of anilines is 2. The van der Waals surface area contributed by atoms with Crippen molar-refractivity contribution in [1.82, 2.24) is 0 Å². The number of ether oxygens (including phenoxy) is 2. The second kappa shape index (κ2) is 9.80.